The molecule has 2 aromatic carbocycles. The highest BCUT2D eigenvalue weighted by Gasteiger charge is 2.23. The summed E-state index contributed by atoms with van der Waals surface area (Å²) in [6.07, 6.45) is 2.87. The van der Waals surface area contributed by atoms with Crippen LogP contribution in [0.25, 0.3) is 32.7 Å². The molecular formula is C24H19N3OS2. The van der Waals surface area contributed by atoms with E-state index in [9.17, 15) is 4.79 Å². The first kappa shape index (κ1) is 18.9. The normalized spacial score (nSPS) is 11.3. The van der Waals surface area contributed by atoms with Gasteiger partial charge in [0.05, 0.1) is 16.9 Å². The van der Waals surface area contributed by atoms with E-state index >= 15 is 0 Å². The van der Waals surface area contributed by atoms with Crippen LogP contribution in [0.2, 0.25) is 0 Å². The molecule has 3 heterocycles. The number of hydrogen-bond donors (Lipinski definition) is 0. The Morgan fingerprint density at radius 3 is 2.27 bits per heavy atom. The maximum atomic E-state index is 11.9. The zero-order chi connectivity index (χ0) is 20.7. The zero-order valence-corrected chi connectivity index (χ0v) is 18.2. The molecule has 5 aromatic rings. The number of aromatic nitrogens is 3. The van der Waals surface area contributed by atoms with Gasteiger partial charge in [0.2, 0.25) is 0 Å². The summed E-state index contributed by atoms with van der Waals surface area (Å²) in [5.74, 6) is 0. The van der Waals surface area contributed by atoms with E-state index in [-0.39, 0.29) is 0 Å². The fourth-order valence-corrected chi connectivity index (χ4v) is 5.89. The molecule has 6 heteroatoms. The number of benzene rings is 2. The second-order valence-corrected chi connectivity index (χ2v) is 8.86. The van der Waals surface area contributed by atoms with Crippen molar-refractivity contribution in [1.29, 1.82) is 0 Å². The van der Waals surface area contributed by atoms with Gasteiger partial charge in [-0.2, -0.15) is 4.37 Å². The second kappa shape index (κ2) is 7.63. The van der Waals surface area contributed by atoms with Crippen molar-refractivity contribution in [3.05, 3.63) is 78.5 Å². The SMILES string of the molecule is Cn1c(-c2ccccc2)cc(C=O)c1Sc1c(-c2ccccc2)n(C)c2sncc12. The van der Waals surface area contributed by atoms with Crippen LogP contribution < -0.4 is 0 Å². The lowest BCUT2D eigenvalue weighted by Gasteiger charge is -2.11. The third-order valence-electron chi connectivity index (χ3n) is 5.30. The molecule has 30 heavy (non-hydrogen) atoms. The Hall–Kier alpha value is -3.09. The number of carbonyl (C=O) groups excluding carboxylic acids is 1. The molecule has 0 radical (unpaired) electrons. The van der Waals surface area contributed by atoms with E-state index in [0.29, 0.717) is 5.56 Å². The number of nitrogens with zero attached hydrogens (tertiary/aromatic N) is 3. The standard InChI is InChI=1S/C24H19N3OS2/c1-26-20(16-9-5-3-6-10-16)13-18(15-28)23(26)29-22-19-14-25-30-24(19)27(2)21(22)17-11-7-4-8-12-17/h3-15H,1-2H3. The number of aldehydes is 1. The van der Waals surface area contributed by atoms with Crippen LogP contribution in [0.3, 0.4) is 0 Å². The smallest absolute Gasteiger partial charge is 0.152 e. The van der Waals surface area contributed by atoms with Crippen LogP contribution in [0, 0.1) is 0 Å². The molecule has 148 valence electrons. The number of fused-ring (bicyclic) bond motifs is 1. The summed E-state index contributed by atoms with van der Waals surface area (Å²) in [5.41, 5.74) is 5.10. The predicted molar refractivity (Wildman–Crippen MR) is 124 cm³/mol. The summed E-state index contributed by atoms with van der Waals surface area (Å²) < 4.78 is 8.72. The molecule has 0 spiro atoms. The van der Waals surface area contributed by atoms with E-state index in [1.807, 2.05) is 43.6 Å². The maximum Gasteiger partial charge on any atom is 0.152 e. The van der Waals surface area contributed by atoms with Gasteiger partial charge in [-0.15, -0.1) is 0 Å². The average Bonchev–Trinajstić information content (AvgIpc) is 3.45. The zero-order valence-electron chi connectivity index (χ0n) is 16.6. The third-order valence-corrected chi connectivity index (χ3v) is 7.50. The van der Waals surface area contributed by atoms with E-state index in [0.717, 1.165) is 48.9 Å². The Kier molecular flexibility index (Phi) is 4.81. The van der Waals surface area contributed by atoms with Crippen molar-refractivity contribution >= 4 is 39.8 Å². The van der Waals surface area contributed by atoms with Crippen molar-refractivity contribution in [1.82, 2.24) is 13.5 Å². The second-order valence-electron chi connectivity index (χ2n) is 7.08. The van der Waals surface area contributed by atoms with Crippen LogP contribution in [0.4, 0.5) is 0 Å². The van der Waals surface area contributed by atoms with Crippen LogP contribution in [0.1, 0.15) is 10.4 Å². The van der Waals surface area contributed by atoms with Crippen molar-refractivity contribution in [3.63, 3.8) is 0 Å². The van der Waals surface area contributed by atoms with E-state index in [1.165, 1.54) is 11.5 Å². The Labute approximate surface area is 183 Å². The summed E-state index contributed by atoms with van der Waals surface area (Å²) >= 11 is 3.13. The highest BCUT2D eigenvalue weighted by Crippen LogP contribution is 2.45. The summed E-state index contributed by atoms with van der Waals surface area (Å²) in [7, 11) is 4.10. The van der Waals surface area contributed by atoms with Crippen LogP contribution in [-0.2, 0) is 14.1 Å². The minimum Gasteiger partial charge on any atom is -0.338 e. The van der Waals surface area contributed by atoms with E-state index in [4.69, 9.17) is 0 Å². The lowest BCUT2D eigenvalue weighted by Crippen LogP contribution is -1.96. The van der Waals surface area contributed by atoms with Crippen molar-refractivity contribution in [2.45, 2.75) is 9.92 Å². The monoisotopic (exact) mass is 429 g/mol. The number of aryl methyl sites for hydroxylation is 1. The molecule has 4 nitrogen and oxygen atoms in total. The number of hydrogen-bond acceptors (Lipinski definition) is 4. The van der Waals surface area contributed by atoms with Gasteiger partial charge in [0, 0.05) is 35.6 Å². The summed E-state index contributed by atoms with van der Waals surface area (Å²) in [6.45, 7) is 0. The highest BCUT2D eigenvalue weighted by molar-refractivity contribution is 7.99. The molecule has 0 atom stereocenters. The van der Waals surface area contributed by atoms with Gasteiger partial charge >= 0.3 is 0 Å². The first-order valence-corrected chi connectivity index (χ1v) is 11.1. The average molecular weight is 430 g/mol. The highest BCUT2D eigenvalue weighted by atomic mass is 32.2. The molecule has 0 unspecified atom stereocenters. The minimum absolute atomic E-state index is 0.695. The molecular weight excluding hydrogens is 410 g/mol. The van der Waals surface area contributed by atoms with Crippen LogP contribution in [0.15, 0.2) is 82.8 Å². The Morgan fingerprint density at radius 2 is 1.60 bits per heavy atom. The van der Waals surface area contributed by atoms with Gasteiger partial charge < -0.3 is 9.13 Å². The molecule has 0 fully saturated rings. The van der Waals surface area contributed by atoms with Crippen molar-refractivity contribution in [2.75, 3.05) is 0 Å². The topological polar surface area (TPSA) is 39.8 Å². The van der Waals surface area contributed by atoms with Gasteiger partial charge in [0.25, 0.3) is 0 Å². The van der Waals surface area contributed by atoms with E-state index < -0.39 is 0 Å². The van der Waals surface area contributed by atoms with Gasteiger partial charge in [-0.25, -0.2) is 0 Å². The van der Waals surface area contributed by atoms with Gasteiger partial charge in [-0.3, -0.25) is 4.79 Å². The molecule has 5 rings (SSSR count). The molecule has 0 saturated heterocycles. The molecule has 0 aliphatic rings. The predicted octanol–water partition coefficient (Wildman–Crippen LogP) is 6.27. The lowest BCUT2D eigenvalue weighted by atomic mass is 10.1. The third kappa shape index (κ3) is 3.00. The van der Waals surface area contributed by atoms with E-state index in [1.54, 1.807) is 11.8 Å². The lowest BCUT2D eigenvalue weighted by molar-refractivity contribution is 0.112. The fourth-order valence-electron chi connectivity index (χ4n) is 3.84. The molecule has 0 bridgehead atoms. The summed E-state index contributed by atoms with van der Waals surface area (Å²) in [4.78, 5) is 14.2. The molecule has 0 aliphatic heterocycles. The van der Waals surface area contributed by atoms with Gasteiger partial charge in [0.1, 0.15) is 4.83 Å². The quantitative estimate of drug-likeness (QED) is 0.309. The fraction of sp³-hybridized carbons (Fsp3) is 0.0833. The molecule has 0 aliphatic carbocycles. The van der Waals surface area contributed by atoms with Crippen LogP contribution in [-0.4, -0.2) is 19.8 Å². The Morgan fingerprint density at radius 1 is 0.933 bits per heavy atom. The Bertz CT molecular complexity index is 1350. The number of rotatable bonds is 5. The Balaban J connectivity index is 1.70. The minimum atomic E-state index is 0.695. The van der Waals surface area contributed by atoms with Gasteiger partial charge in [0.15, 0.2) is 6.29 Å². The van der Waals surface area contributed by atoms with Crippen LogP contribution in [0.5, 0.6) is 0 Å². The first-order chi connectivity index (χ1) is 14.7. The maximum absolute atomic E-state index is 11.9. The molecule has 0 N–H and O–H groups in total. The van der Waals surface area contributed by atoms with Gasteiger partial charge in [-0.1, -0.05) is 72.4 Å². The molecule has 3 aromatic heterocycles. The van der Waals surface area contributed by atoms with E-state index in [2.05, 4.69) is 57.0 Å². The summed E-state index contributed by atoms with van der Waals surface area (Å²) in [5, 5.41) is 2.05. The van der Waals surface area contributed by atoms with Crippen molar-refractivity contribution < 1.29 is 4.79 Å². The first-order valence-electron chi connectivity index (χ1n) is 9.55. The number of carbonyl (C=O) groups is 1. The summed E-state index contributed by atoms with van der Waals surface area (Å²) in [6, 6.07) is 22.5. The largest absolute Gasteiger partial charge is 0.338 e. The van der Waals surface area contributed by atoms with Crippen molar-refractivity contribution in [2.24, 2.45) is 14.1 Å². The van der Waals surface area contributed by atoms with Gasteiger partial charge in [-0.05, 0) is 28.7 Å². The molecule has 0 amide bonds. The van der Waals surface area contributed by atoms with Crippen LogP contribution >= 0.6 is 23.3 Å². The van der Waals surface area contributed by atoms with Crippen molar-refractivity contribution in [3.8, 4) is 22.5 Å². The molecule has 0 saturated carbocycles.